The number of hydrogen-bond acceptors (Lipinski definition) is 4. The van der Waals surface area contributed by atoms with Crippen LogP contribution in [-0.4, -0.2) is 42.6 Å². The molecule has 0 radical (unpaired) electrons. The van der Waals surface area contributed by atoms with Crippen LogP contribution in [0.15, 0.2) is 0 Å². The van der Waals surface area contributed by atoms with Crippen molar-refractivity contribution < 1.29 is 9.53 Å². The number of nitrogens with two attached hydrogens (primary N) is 1. The van der Waals surface area contributed by atoms with Gasteiger partial charge in [0.15, 0.2) is 0 Å². The maximum atomic E-state index is 11.6. The average Bonchev–Trinajstić information content (AvgIpc) is 2.58. The summed E-state index contributed by atoms with van der Waals surface area (Å²) >= 11 is 0. The van der Waals surface area contributed by atoms with Crippen molar-refractivity contribution in [1.82, 2.24) is 4.90 Å². The molecule has 2 N–H and O–H groups in total. The van der Waals surface area contributed by atoms with E-state index in [-0.39, 0.29) is 5.97 Å². The molecule has 4 heteroatoms. The van der Waals surface area contributed by atoms with Crippen molar-refractivity contribution >= 4 is 5.97 Å². The van der Waals surface area contributed by atoms with Gasteiger partial charge in [-0.25, -0.2) is 0 Å². The molecule has 0 heterocycles. The summed E-state index contributed by atoms with van der Waals surface area (Å²) in [5, 5.41) is 0. The van der Waals surface area contributed by atoms with E-state index in [1.807, 2.05) is 0 Å². The second-order valence-corrected chi connectivity index (χ2v) is 5.29. The van der Waals surface area contributed by atoms with Crippen molar-refractivity contribution in [2.75, 3.05) is 14.2 Å². The van der Waals surface area contributed by atoms with Crippen LogP contribution in [0.25, 0.3) is 0 Å². The van der Waals surface area contributed by atoms with Gasteiger partial charge in [-0.2, -0.15) is 0 Å². The monoisotopic (exact) mass is 226 g/mol. The Morgan fingerprint density at radius 1 is 1.38 bits per heavy atom. The maximum absolute atomic E-state index is 11.6. The number of ether oxygens (including phenoxy) is 1. The molecule has 2 fully saturated rings. The molecule has 2 atom stereocenters. The Labute approximate surface area is 97.1 Å². The number of carbonyl (C=O) groups excluding carboxylic acids is 1. The molecule has 4 nitrogen and oxygen atoms in total. The molecular formula is C12H22N2O2. The third-order valence-corrected chi connectivity index (χ3v) is 4.34. The number of hydrogen-bond donors (Lipinski definition) is 1. The van der Waals surface area contributed by atoms with E-state index in [0.29, 0.717) is 12.1 Å². The van der Waals surface area contributed by atoms with Crippen molar-refractivity contribution in [2.24, 2.45) is 5.73 Å². The summed E-state index contributed by atoms with van der Waals surface area (Å²) < 4.78 is 4.78. The Bertz CT molecular complexity index is 278. The molecule has 92 valence electrons. The summed E-state index contributed by atoms with van der Waals surface area (Å²) in [7, 11) is 3.58. The van der Waals surface area contributed by atoms with Gasteiger partial charge < -0.3 is 15.4 Å². The van der Waals surface area contributed by atoms with Crippen LogP contribution in [0.5, 0.6) is 0 Å². The lowest BCUT2D eigenvalue weighted by Gasteiger charge is -2.39. The minimum atomic E-state index is -0.739. The van der Waals surface area contributed by atoms with Crippen LogP contribution in [0.1, 0.15) is 38.5 Å². The van der Waals surface area contributed by atoms with Crippen molar-refractivity contribution in [3.8, 4) is 0 Å². The highest BCUT2D eigenvalue weighted by atomic mass is 16.5. The quantitative estimate of drug-likeness (QED) is 0.726. The second-order valence-electron chi connectivity index (χ2n) is 5.29. The highest BCUT2D eigenvalue weighted by Gasteiger charge is 2.45. The molecule has 0 saturated heterocycles. The van der Waals surface area contributed by atoms with Gasteiger partial charge in [0.1, 0.15) is 5.54 Å². The third kappa shape index (κ3) is 1.96. The standard InChI is InChI=1S/C12H22N2O2/c1-14(9-4-3-5-9)10-6-7-12(13,8-10)11(15)16-2/h9-10H,3-8,13H2,1-2H3. The molecule has 2 aliphatic carbocycles. The summed E-state index contributed by atoms with van der Waals surface area (Å²) in [6, 6.07) is 1.17. The zero-order chi connectivity index (χ0) is 11.8. The summed E-state index contributed by atoms with van der Waals surface area (Å²) in [6.07, 6.45) is 6.44. The van der Waals surface area contributed by atoms with E-state index in [4.69, 9.17) is 10.5 Å². The van der Waals surface area contributed by atoms with Gasteiger partial charge in [-0.1, -0.05) is 6.42 Å². The number of methoxy groups -OCH3 is 1. The van der Waals surface area contributed by atoms with E-state index in [9.17, 15) is 4.79 Å². The molecular weight excluding hydrogens is 204 g/mol. The smallest absolute Gasteiger partial charge is 0.325 e. The molecule has 0 aromatic carbocycles. The first-order valence-corrected chi connectivity index (χ1v) is 6.16. The predicted molar refractivity (Wildman–Crippen MR) is 62.0 cm³/mol. The van der Waals surface area contributed by atoms with Gasteiger partial charge in [-0.15, -0.1) is 0 Å². The molecule has 0 aliphatic heterocycles. The lowest BCUT2D eigenvalue weighted by Crippen LogP contribution is -2.49. The normalized spacial score (nSPS) is 35.1. The Morgan fingerprint density at radius 3 is 2.56 bits per heavy atom. The van der Waals surface area contributed by atoms with E-state index < -0.39 is 5.54 Å². The lowest BCUT2D eigenvalue weighted by molar-refractivity contribution is -0.147. The Balaban J connectivity index is 1.93. The first-order chi connectivity index (χ1) is 7.57. The van der Waals surface area contributed by atoms with E-state index >= 15 is 0 Å². The molecule has 2 rings (SSSR count). The summed E-state index contributed by atoms with van der Waals surface area (Å²) in [4.78, 5) is 14.0. The van der Waals surface area contributed by atoms with Crippen LogP contribution in [0, 0.1) is 0 Å². The van der Waals surface area contributed by atoms with Gasteiger partial charge in [-0.3, -0.25) is 4.79 Å². The van der Waals surface area contributed by atoms with Crippen molar-refractivity contribution in [3.05, 3.63) is 0 Å². The van der Waals surface area contributed by atoms with E-state index in [1.165, 1.54) is 26.4 Å². The zero-order valence-electron chi connectivity index (χ0n) is 10.2. The van der Waals surface area contributed by atoms with Crippen LogP contribution in [0.4, 0.5) is 0 Å². The van der Waals surface area contributed by atoms with Crippen molar-refractivity contribution in [2.45, 2.75) is 56.1 Å². The third-order valence-electron chi connectivity index (χ3n) is 4.34. The largest absolute Gasteiger partial charge is 0.468 e. The van der Waals surface area contributed by atoms with Crippen LogP contribution in [0.3, 0.4) is 0 Å². The molecule has 0 aromatic rings. The van der Waals surface area contributed by atoms with Crippen LogP contribution >= 0.6 is 0 Å². The van der Waals surface area contributed by atoms with Gasteiger partial charge in [0.25, 0.3) is 0 Å². The molecule has 16 heavy (non-hydrogen) atoms. The van der Waals surface area contributed by atoms with Crippen molar-refractivity contribution in [1.29, 1.82) is 0 Å². The highest BCUT2D eigenvalue weighted by Crippen LogP contribution is 2.35. The van der Waals surface area contributed by atoms with Gasteiger partial charge in [0.05, 0.1) is 7.11 Å². The molecule has 0 spiro atoms. The second kappa shape index (κ2) is 4.34. The fourth-order valence-electron chi connectivity index (χ4n) is 2.88. The van der Waals surface area contributed by atoms with Gasteiger partial charge in [-0.05, 0) is 39.2 Å². The van der Waals surface area contributed by atoms with E-state index in [1.54, 1.807) is 0 Å². The number of carbonyl (C=O) groups is 1. The average molecular weight is 226 g/mol. The summed E-state index contributed by atoms with van der Waals surface area (Å²) in [5.74, 6) is -0.253. The van der Waals surface area contributed by atoms with Crippen molar-refractivity contribution in [3.63, 3.8) is 0 Å². The molecule has 0 bridgehead atoms. The molecule has 2 aliphatic rings. The van der Waals surface area contributed by atoms with Gasteiger partial charge >= 0.3 is 5.97 Å². The fourth-order valence-corrected chi connectivity index (χ4v) is 2.88. The number of nitrogens with zero attached hydrogens (tertiary/aromatic N) is 1. The SMILES string of the molecule is COC(=O)C1(N)CCC(N(C)C2CCC2)C1. The van der Waals surface area contributed by atoms with Crippen LogP contribution < -0.4 is 5.73 Å². The first-order valence-electron chi connectivity index (χ1n) is 6.16. The molecule has 2 saturated carbocycles. The Hall–Kier alpha value is -0.610. The summed E-state index contributed by atoms with van der Waals surface area (Å²) in [5.41, 5.74) is 5.36. The first kappa shape index (κ1) is 11.9. The van der Waals surface area contributed by atoms with E-state index in [0.717, 1.165) is 19.3 Å². The summed E-state index contributed by atoms with van der Waals surface area (Å²) in [6.45, 7) is 0. The fraction of sp³-hybridized carbons (Fsp3) is 0.917. The number of esters is 1. The molecule has 0 aromatic heterocycles. The van der Waals surface area contributed by atoms with Crippen LogP contribution in [0.2, 0.25) is 0 Å². The topological polar surface area (TPSA) is 55.6 Å². The predicted octanol–water partition coefficient (Wildman–Crippen LogP) is 0.894. The van der Waals surface area contributed by atoms with Gasteiger partial charge in [0, 0.05) is 12.1 Å². The van der Waals surface area contributed by atoms with E-state index in [2.05, 4.69) is 11.9 Å². The zero-order valence-corrected chi connectivity index (χ0v) is 10.2. The molecule has 0 amide bonds. The van der Waals surface area contributed by atoms with Crippen LogP contribution in [-0.2, 0) is 9.53 Å². The highest BCUT2D eigenvalue weighted by molar-refractivity contribution is 5.81. The minimum absolute atomic E-state index is 0.253. The minimum Gasteiger partial charge on any atom is -0.468 e. The lowest BCUT2D eigenvalue weighted by atomic mass is 9.90. The Kier molecular flexibility index (Phi) is 3.22. The van der Waals surface area contributed by atoms with Gasteiger partial charge in [0.2, 0.25) is 0 Å². The number of rotatable bonds is 3. The molecule has 2 unspecified atom stereocenters. The Morgan fingerprint density at radius 2 is 2.06 bits per heavy atom. The maximum Gasteiger partial charge on any atom is 0.325 e.